The van der Waals surface area contributed by atoms with Crippen molar-refractivity contribution in [2.45, 2.75) is 45.1 Å². The number of halogens is 1. The highest BCUT2D eigenvalue weighted by Gasteiger charge is 2.23. The number of para-hydroxylation sites is 1. The molecule has 1 aromatic carbocycles. The third kappa shape index (κ3) is 2.52. The van der Waals surface area contributed by atoms with Gasteiger partial charge in [0.1, 0.15) is 0 Å². The molecule has 1 fully saturated rings. The van der Waals surface area contributed by atoms with E-state index >= 15 is 0 Å². The van der Waals surface area contributed by atoms with Crippen LogP contribution in [0.5, 0.6) is 0 Å². The summed E-state index contributed by atoms with van der Waals surface area (Å²) in [5.41, 5.74) is 1.17. The Kier molecular flexibility index (Phi) is 4.11. The Morgan fingerprint density at radius 2 is 2.19 bits per heavy atom. The standard InChI is InChI=1S/C14H19ClN/c1-2-7-12-8-5-6-11-16(12)14-10-4-3-9-13(14)15/h3-4,9-12H,2,5-8H2,1H3/t12-/m0/s1. The van der Waals surface area contributed by atoms with E-state index in [0.29, 0.717) is 6.04 Å². The van der Waals surface area contributed by atoms with Crippen LogP contribution in [0, 0.1) is 6.54 Å². The van der Waals surface area contributed by atoms with Crippen molar-refractivity contribution in [3.05, 3.63) is 35.8 Å². The van der Waals surface area contributed by atoms with Crippen LogP contribution in [-0.4, -0.2) is 6.04 Å². The average Bonchev–Trinajstić information content (AvgIpc) is 2.31. The zero-order chi connectivity index (χ0) is 11.4. The molecule has 0 saturated carbocycles. The van der Waals surface area contributed by atoms with Crippen LogP contribution in [0.2, 0.25) is 5.02 Å². The Labute approximate surface area is 103 Å². The number of anilines is 1. The predicted molar refractivity (Wildman–Crippen MR) is 70.8 cm³/mol. The molecule has 1 saturated heterocycles. The molecule has 1 nitrogen and oxygen atoms in total. The zero-order valence-electron chi connectivity index (χ0n) is 9.82. The molecule has 2 rings (SSSR count). The molecular weight excluding hydrogens is 218 g/mol. The maximum Gasteiger partial charge on any atom is 0.0639 e. The Morgan fingerprint density at radius 1 is 1.38 bits per heavy atom. The highest BCUT2D eigenvalue weighted by atomic mass is 35.5. The van der Waals surface area contributed by atoms with Gasteiger partial charge in [-0.05, 0) is 37.8 Å². The minimum absolute atomic E-state index is 0.638. The molecule has 0 aromatic heterocycles. The van der Waals surface area contributed by atoms with Crippen molar-refractivity contribution in [2.75, 3.05) is 4.90 Å². The lowest BCUT2D eigenvalue weighted by Crippen LogP contribution is -2.36. The van der Waals surface area contributed by atoms with Crippen LogP contribution in [0.15, 0.2) is 24.3 Å². The highest BCUT2D eigenvalue weighted by Crippen LogP contribution is 2.33. The molecule has 0 amide bonds. The normalized spacial score (nSPS) is 21.1. The third-order valence-corrected chi connectivity index (χ3v) is 3.53. The van der Waals surface area contributed by atoms with Gasteiger partial charge in [0.15, 0.2) is 0 Å². The Morgan fingerprint density at radius 3 is 2.94 bits per heavy atom. The van der Waals surface area contributed by atoms with Gasteiger partial charge in [-0.2, -0.15) is 0 Å². The lowest BCUT2D eigenvalue weighted by Gasteiger charge is -2.37. The Balaban J connectivity index is 2.19. The molecule has 16 heavy (non-hydrogen) atoms. The summed E-state index contributed by atoms with van der Waals surface area (Å²) >= 11 is 6.26. The van der Waals surface area contributed by atoms with Gasteiger partial charge in [0.2, 0.25) is 0 Å². The van der Waals surface area contributed by atoms with Gasteiger partial charge in [-0.15, -0.1) is 0 Å². The molecule has 0 spiro atoms. The van der Waals surface area contributed by atoms with E-state index in [4.69, 9.17) is 11.6 Å². The van der Waals surface area contributed by atoms with Crippen LogP contribution in [0.3, 0.4) is 0 Å². The third-order valence-electron chi connectivity index (χ3n) is 3.21. The fourth-order valence-corrected chi connectivity index (χ4v) is 2.68. The number of hydrogen-bond donors (Lipinski definition) is 0. The molecule has 0 bridgehead atoms. The highest BCUT2D eigenvalue weighted by molar-refractivity contribution is 6.33. The number of hydrogen-bond acceptors (Lipinski definition) is 1. The summed E-state index contributed by atoms with van der Waals surface area (Å²) in [5.74, 6) is 0. The molecular formula is C14H19ClN. The first kappa shape index (κ1) is 11.8. The summed E-state index contributed by atoms with van der Waals surface area (Å²) in [6.07, 6.45) is 6.26. The summed E-state index contributed by atoms with van der Waals surface area (Å²) in [6, 6.07) is 8.78. The van der Waals surface area contributed by atoms with E-state index in [1.54, 1.807) is 0 Å². The molecule has 0 unspecified atom stereocenters. The number of nitrogens with zero attached hydrogens (tertiary/aromatic N) is 1. The van der Waals surface area contributed by atoms with E-state index < -0.39 is 0 Å². The van der Waals surface area contributed by atoms with E-state index in [-0.39, 0.29) is 0 Å². The minimum atomic E-state index is 0.638. The van der Waals surface area contributed by atoms with Gasteiger partial charge in [0.25, 0.3) is 0 Å². The van der Waals surface area contributed by atoms with E-state index in [0.717, 1.165) is 5.02 Å². The first-order chi connectivity index (χ1) is 7.83. The van der Waals surface area contributed by atoms with Crippen LogP contribution >= 0.6 is 11.6 Å². The lowest BCUT2D eigenvalue weighted by atomic mass is 9.97. The van der Waals surface area contributed by atoms with Gasteiger partial charge in [-0.25, -0.2) is 0 Å². The van der Waals surface area contributed by atoms with Crippen LogP contribution in [-0.2, 0) is 0 Å². The fourth-order valence-electron chi connectivity index (χ4n) is 2.44. The van der Waals surface area contributed by atoms with Crippen molar-refractivity contribution in [1.29, 1.82) is 0 Å². The number of rotatable bonds is 3. The van der Waals surface area contributed by atoms with Crippen LogP contribution in [0.4, 0.5) is 5.69 Å². The topological polar surface area (TPSA) is 3.24 Å². The largest absolute Gasteiger partial charge is 0.362 e. The monoisotopic (exact) mass is 236 g/mol. The van der Waals surface area contributed by atoms with Crippen molar-refractivity contribution in [3.8, 4) is 0 Å². The second-order valence-corrected chi connectivity index (χ2v) is 4.82. The van der Waals surface area contributed by atoms with Gasteiger partial charge in [-0.3, -0.25) is 0 Å². The van der Waals surface area contributed by atoms with E-state index in [9.17, 15) is 0 Å². The molecule has 0 aliphatic carbocycles. The summed E-state index contributed by atoms with van der Waals surface area (Å²) in [6.45, 7) is 4.56. The SMILES string of the molecule is CCC[C@H]1CCC[CH]N1c1ccccc1Cl. The van der Waals surface area contributed by atoms with Gasteiger partial charge in [-0.1, -0.05) is 37.1 Å². The molecule has 1 atom stereocenters. The first-order valence-electron chi connectivity index (χ1n) is 6.19. The van der Waals surface area contributed by atoms with Gasteiger partial charge >= 0.3 is 0 Å². The van der Waals surface area contributed by atoms with Crippen molar-refractivity contribution >= 4 is 17.3 Å². The van der Waals surface area contributed by atoms with E-state index in [1.165, 1.54) is 37.8 Å². The number of benzene rings is 1. The van der Waals surface area contributed by atoms with Crippen LogP contribution in [0.25, 0.3) is 0 Å². The molecule has 2 heteroatoms. The second-order valence-electron chi connectivity index (χ2n) is 4.41. The second kappa shape index (κ2) is 5.58. The van der Waals surface area contributed by atoms with Crippen LogP contribution in [0.1, 0.15) is 39.0 Å². The molecule has 1 aliphatic heterocycles. The molecule has 1 aromatic rings. The van der Waals surface area contributed by atoms with Gasteiger partial charge in [0, 0.05) is 12.6 Å². The summed E-state index contributed by atoms with van der Waals surface area (Å²) in [7, 11) is 0. The van der Waals surface area contributed by atoms with Gasteiger partial charge in [0.05, 0.1) is 10.7 Å². The predicted octanol–water partition coefficient (Wildman–Crippen LogP) is 4.66. The van der Waals surface area contributed by atoms with Crippen molar-refractivity contribution in [1.82, 2.24) is 0 Å². The molecule has 87 valence electrons. The molecule has 1 heterocycles. The van der Waals surface area contributed by atoms with Crippen molar-refractivity contribution < 1.29 is 0 Å². The maximum atomic E-state index is 6.26. The van der Waals surface area contributed by atoms with E-state index in [2.05, 4.69) is 30.5 Å². The molecule has 1 aliphatic rings. The molecule has 0 N–H and O–H groups in total. The Hall–Kier alpha value is -0.690. The summed E-state index contributed by atoms with van der Waals surface area (Å²) < 4.78 is 0. The first-order valence-corrected chi connectivity index (χ1v) is 6.57. The minimum Gasteiger partial charge on any atom is -0.362 e. The summed E-state index contributed by atoms with van der Waals surface area (Å²) in [4.78, 5) is 2.38. The van der Waals surface area contributed by atoms with Crippen molar-refractivity contribution in [3.63, 3.8) is 0 Å². The fraction of sp³-hybridized carbons (Fsp3) is 0.500. The number of piperidine rings is 1. The van der Waals surface area contributed by atoms with Crippen LogP contribution < -0.4 is 4.90 Å². The summed E-state index contributed by atoms with van der Waals surface area (Å²) in [5, 5.41) is 0.863. The van der Waals surface area contributed by atoms with Crippen molar-refractivity contribution in [2.24, 2.45) is 0 Å². The van der Waals surface area contributed by atoms with Gasteiger partial charge < -0.3 is 4.90 Å². The quantitative estimate of drug-likeness (QED) is 0.738. The average molecular weight is 237 g/mol. The molecule has 1 radical (unpaired) electrons. The maximum absolute atomic E-state index is 6.26. The lowest BCUT2D eigenvalue weighted by molar-refractivity contribution is 0.468. The smallest absolute Gasteiger partial charge is 0.0639 e. The zero-order valence-corrected chi connectivity index (χ0v) is 10.6. The van der Waals surface area contributed by atoms with E-state index in [1.807, 2.05) is 12.1 Å². The Bertz CT molecular complexity index is 335.